The van der Waals surface area contributed by atoms with Crippen LogP contribution in [0.25, 0.3) is 0 Å². The summed E-state index contributed by atoms with van der Waals surface area (Å²) in [7, 11) is 0. The number of hydrogen-bond donors (Lipinski definition) is 1. The fourth-order valence-electron chi connectivity index (χ4n) is 1.73. The minimum atomic E-state index is -0.235. The second-order valence-electron chi connectivity index (χ2n) is 3.48. The molecule has 1 N–H and O–H groups in total. The Morgan fingerprint density at radius 1 is 1.36 bits per heavy atom. The van der Waals surface area contributed by atoms with Gasteiger partial charge in [0.1, 0.15) is 6.04 Å². The summed E-state index contributed by atoms with van der Waals surface area (Å²) in [4.78, 5) is 24.8. The van der Waals surface area contributed by atoms with Gasteiger partial charge < -0.3 is 10.2 Å². The predicted octanol–water partition coefficient (Wildman–Crippen LogP) is 0.176. The smallest absolute Gasteiger partial charge is 0.222 e. The van der Waals surface area contributed by atoms with Crippen molar-refractivity contribution in [2.75, 3.05) is 19.6 Å². The van der Waals surface area contributed by atoms with Gasteiger partial charge >= 0.3 is 0 Å². The topological polar surface area (TPSA) is 49.4 Å². The molecule has 1 heterocycles. The number of nitrogens with zero attached hydrogens (tertiary/aromatic N) is 1. The normalized spacial score (nSPS) is 22.1. The fourth-order valence-corrected chi connectivity index (χ4v) is 1.73. The first-order valence-electron chi connectivity index (χ1n) is 5.23. The molecule has 1 amide bonds. The third-order valence-electron chi connectivity index (χ3n) is 2.59. The third kappa shape index (κ3) is 2.32. The Balaban J connectivity index is 2.68. The third-order valence-corrected chi connectivity index (χ3v) is 2.59. The number of carbonyl (C=O) groups is 2. The minimum absolute atomic E-state index is 0.0818. The number of rotatable bonds is 3. The van der Waals surface area contributed by atoms with Gasteiger partial charge in [-0.2, -0.15) is 0 Å². The molecule has 1 atom stereocenters. The summed E-state index contributed by atoms with van der Waals surface area (Å²) in [5, 5.41) is 3.14. The van der Waals surface area contributed by atoms with Crippen molar-refractivity contribution in [2.24, 2.45) is 0 Å². The molecule has 0 aromatic rings. The number of carbonyl (C=O) groups excluding carboxylic acids is 2. The largest absolute Gasteiger partial charge is 0.330 e. The highest BCUT2D eigenvalue weighted by Crippen LogP contribution is 2.08. The van der Waals surface area contributed by atoms with Crippen LogP contribution in [0.3, 0.4) is 0 Å². The van der Waals surface area contributed by atoms with Crippen molar-refractivity contribution in [1.82, 2.24) is 10.2 Å². The Bertz CT molecular complexity index is 204. The summed E-state index contributed by atoms with van der Waals surface area (Å²) in [6.45, 7) is 5.73. The maximum absolute atomic E-state index is 11.6. The summed E-state index contributed by atoms with van der Waals surface area (Å²) in [5.74, 6) is 0.234. The lowest BCUT2D eigenvalue weighted by atomic mass is 10.1. The van der Waals surface area contributed by atoms with Gasteiger partial charge in [-0.3, -0.25) is 9.59 Å². The molecule has 0 aliphatic carbocycles. The number of hydrogen-bond acceptors (Lipinski definition) is 3. The molecule has 14 heavy (non-hydrogen) atoms. The summed E-state index contributed by atoms with van der Waals surface area (Å²) in [6, 6.07) is -0.235. The molecule has 1 aliphatic rings. The Labute approximate surface area is 84.7 Å². The number of nitrogens with one attached hydrogen (secondary N) is 1. The lowest BCUT2D eigenvalue weighted by molar-refractivity contribution is -0.140. The van der Waals surface area contributed by atoms with Gasteiger partial charge in [-0.15, -0.1) is 0 Å². The predicted molar refractivity (Wildman–Crippen MR) is 54.0 cm³/mol. The van der Waals surface area contributed by atoms with Crippen LogP contribution in [-0.2, 0) is 9.59 Å². The van der Waals surface area contributed by atoms with E-state index in [4.69, 9.17) is 0 Å². The first-order chi connectivity index (χ1) is 6.70. The summed E-state index contributed by atoms with van der Waals surface area (Å²) in [5.41, 5.74) is 0. The Morgan fingerprint density at radius 3 is 2.64 bits per heavy atom. The van der Waals surface area contributed by atoms with E-state index in [0.29, 0.717) is 25.9 Å². The van der Waals surface area contributed by atoms with Gasteiger partial charge in [0.05, 0.1) is 0 Å². The molecule has 4 heteroatoms. The standard InChI is InChI=1S/C10H18N2O2/c1-3-9(13)8-7-11-5-6-12(8)10(14)4-2/h8,11H,3-7H2,1-2H3. The summed E-state index contributed by atoms with van der Waals surface area (Å²) >= 11 is 0. The SMILES string of the molecule is CCC(=O)C1CNCCN1C(=O)CC. The van der Waals surface area contributed by atoms with E-state index >= 15 is 0 Å². The van der Waals surface area contributed by atoms with Gasteiger partial charge in [0.25, 0.3) is 0 Å². The molecular weight excluding hydrogens is 180 g/mol. The van der Waals surface area contributed by atoms with Crippen LogP contribution in [0.2, 0.25) is 0 Å². The minimum Gasteiger partial charge on any atom is -0.330 e. The maximum Gasteiger partial charge on any atom is 0.222 e. The summed E-state index contributed by atoms with van der Waals surface area (Å²) in [6.07, 6.45) is 0.979. The first-order valence-corrected chi connectivity index (χ1v) is 5.23. The molecule has 0 bridgehead atoms. The molecule has 0 radical (unpaired) electrons. The van der Waals surface area contributed by atoms with Crippen molar-refractivity contribution in [2.45, 2.75) is 32.7 Å². The Hall–Kier alpha value is -0.900. The average molecular weight is 198 g/mol. The van der Waals surface area contributed by atoms with Crippen LogP contribution in [0.5, 0.6) is 0 Å². The van der Waals surface area contributed by atoms with E-state index in [2.05, 4.69) is 5.32 Å². The van der Waals surface area contributed by atoms with E-state index in [9.17, 15) is 9.59 Å². The number of piperazine rings is 1. The Kier molecular flexibility index (Phi) is 4.07. The van der Waals surface area contributed by atoms with Crippen molar-refractivity contribution >= 4 is 11.7 Å². The van der Waals surface area contributed by atoms with E-state index in [1.165, 1.54) is 0 Å². The maximum atomic E-state index is 11.6. The second-order valence-corrected chi connectivity index (χ2v) is 3.48. The van der Waals surface area contributed by atoms with Gasteiger partial charge in [0.2, 0.25) is 5.91 Å². The van der Waals surface area contributed by atoms with E-state index in [1.54, 1.807) is 4.90 Å². The van der Waals surface area contributed by atoms with Crippen molar-refractivity contribution in [1.29, 1.82) is 0 Å². The highest BCUT2D eigenvalue weighted by Gasteiger charge is 2.29. The highest BCUT2D eigenvalue weighted by atomic mass is 16.2. The van der Waals surface area contributed by atoms with Gasteiger partial charge in [-0.1, -0.05) is 13.8 Å². The second kappa shape index (κ2) is 5.10. The van der Waals surface area contributed by atoms with Gasteiger partial charge in [0, 0.05) is 32.5 Å². The molecule has 1 aliphatic heterocycles. The zero-order valence-corrected chi connectivity index (χ0v) is 8.88. The molecule has 0 spiro atoms. The molecule has 1 rings (SSSR count). The number of ketones is 1. The van der Waals surface area contributed by atoms with Crippen molar-refractivity contribution in [3.05, 3.63) is 0 Å². The fraction of sp³-hybridized carbons (Fsp3) is 0.800. The lowest BCUT2D eigenvalue weighted by Gasteiger charge is -2.35. The van der Waals surface area contributed by atoms with Gasteiger partial charge in [-0.25, -0.2) is 0 Å². The van der Waals surface area contributed by atoms with E-state index < -0.39 is 0 Å². The molecule has 1 fully saturated rings. The highest BCUT2D eigenvalue weighted by molar-refractivity contribution is 5.89. The average Bonchev–Trinajstić information content (AvgIpc) is 2.27. The Morgan fingerprint density at radius 2 is 2.07 bits per heavy atom. The summed E-state index contributed by atoms with van der Waals surface area (Å²) < 4.78 is 0. The van der Waals surface area contributed by atoms with Crippen LogP contribution in [0, 0.1) is 0 Å². The molecular formula is C10H18N2O2. The quantitative estimate of drug-likeness (QED) is 0.703. The zero-order valence-electron chi connectivity index (χ0n) is 8.88. The molecule has 0 aromatic carbocycles. The van der Waals surface area contributed by atoms with E-state index in [-0.39, 0.29) is 17.7 Å². The monoisotopic (exact) mass is 198 g/mol. The van der Waals surface area contributed by atoms with Crippen molar-refractivity contribution in [3.8, 4) is 0 Å². The van der Waals surface area contributed by atoms with E-state index in [1.807, 2.05) is 13.8 Å². The van der Waals surface area contributed by atoms with Crippen LogP contribution >= 0.6 is 0 Å². The van der Waals surface area contributed by atoms with Crippen LogP contribution in [0.15, 0.2) is 0 Å². The molecule has 4 nitrogen and oxygen atoms in total. The van der Waals surface area contributed by atoms with Crippen LogP contribution in [0.1, 0.15) is 26.7 Å². The zero-order chi connectivity index (χ0) is 10.6. The van der Waals surface area contributed by atoms with Crippen molar-refractivity contribution < 1.29 is 9.59 Å². The molecule has 0 aromatic heterocycles. The molecule has 80 valence electrons. The molecule has 1 unspecified atom stereocenters. The lowest BCUT2D eigenvalue weighted by Crippen LogP contribution is -2.56. The van der Waals surface area contributed by atoms with Crippen LogP contribution < -0.4 is 5.32 Å². The van der Waals surface area contributed by atoms with E-state index in [0.717, 1.165) is 6.54 Å². The molecule has 0 saturated carbocycles. The molecule has 1 saturated heterocycles. The van der Waals surface area contributed by atoms with Crippen molar-refractivity contribution in [3.63, 3.8) is 0 Å². The number of Topliss-reactive ketones (excluding diaryl/α,β-unsaturated/α-hetero) is 1. The van der Waals surface area contributed by atoms with Gasteiger partial charge in [0.15, 0.2) is 5.78 Å². The number of amides is 1. The van der Waals surface area contributed by atoms with Gasteiger partial charge in [-0.05, 0) is 0 Å². The van der Waals surface area contributed by atoms with Crippen LogP contribution in [0.4, 0.5) is 0 Å². The first kappa shape index (κ1) is 11.2. The van der Waals surface area contributed by atoms with Crippen LogP contribution in [-0.4, -0.2) is 42.3 Å².